The van der Waals surface area contributed by atoms with Crippen molar-refractivity contribution < 1.29 is 38.1 Å². The van der Waals surface area contributed by atoms with Crippen LogP contribution >= 0.6 is 47.1 Å². The van der Waals surface area contributed by atoms with Crippen molar-refractivity contribution in [3.05, 3.63) is 64.5 Å². The molecule has 0 saturated heterocycles. The van der Waals surface area contributed by atoms with Crippen LogP contribution < -0.4 is 0 Å². The second-order valence-corrected chi connectivity index (χ2v) is 12.7. The van der Waals surface area contributed by atoms with Gasteiger partial charge in [0.2, 0.25) is 10.5 Å². The quantitative estimate of drug-likeness (QED) is 0.0588. The number of carbonyl (C=O) groups is 4. The maximum absolute atomic E-state index is 13.1. The van der Waals surface area contributed by atoms with Crippen LogP contribution in [0, 0.1) is 3.82 Å². The van der Waals surface area contributed by atoms with Gasteiger partial charge in [0, 0.05) is 16.0 Å². The number of esters is 4. The standard InChI is InChI=1S/C31H32O8S4/c1-5-36-26(32)24(27(33)37-6-2)41-23-21(19-15-11-9-12-16-19)30(40)43-31(22(23)20-17-13-10-14-18-20)42-25(28(34)38-7-3)29(35)39-8-4/h9-18,24-25H,5-8H2,1-4H3. The number of carbonyl (C=O) groups excluding carboxylic acids is 4. The first-order chi connectivity index (χ1) is 20.8. The molecule has 43 heavy (non-hydrogen) atoms. The van der Waals surface area contributed by atoms with E-state index in [1.165, 1.54) is 11.3 Å². The summed E-state index contributed by atoms with van der Waals surface area (Å²) in [6.07, 6.45) is 0. The van der Waals surface area contributed by atoms with Gasteiger partial charge >= 0.3 is 23.9 Å². The molecule has 8 nitrogen and oxygen atoms in total. The van der Waals surface area contributed by atoms with Crippen LogP contribution in [-0.4, -0.2) is 60.8 Å². The summed E-state index contributed by atoms with van der Waals surface area (Å²) in [5, 5.41) is -2.70. The lowest BCUT2D eigenvalue weighted by Gasteiger charge is -2.22. The number of rotatable bonds is 14. The van der Waals surface area contributed by atoms with Crippen molar-refractivity contribution in [1.29, 1.82) is 0 Å². The molecule has 0 amide bonds. The Hall–Kier alpha value is -3.19. The molecule has 3 aromatic rings. The van der Waals surface area contributed by atoms with Crippen LogP contribution in [0.4, 0.5) is 0 Å². The van der Waals surface area contributed by atoms with Gasteiger partial charge in [0.25, 0.3) is 0 Å². The lowest BCUT2D eigenvalue weighted by atomic mass is 10.0. The highest BCUT2D eigenvalue weighted by Gasteiger charge is 2.36. The van der Waals surface area contributed by atoms with E-state index in [0.717, 1.165) is 29.1 Å². The summed E-state index contributed by atoms with van der Waals surface area (Å²) >= 11 is 9.06. The highest BCUT2D eigenvalue weighted by Crippen LogP contribution is 2.50. The highest BCUT2D eigenvalue weighted by molar-refractivity contribution is 8.03. The maximum atomic E-state index is 13.1. The zero-order valence-electron chi connectivity index (χ0n) is 24.2. The monoisotopic (exact) mass is 660 g/mol. The predicted octanol–water partition coefficient (Wildman–Crippen LogP) is 6.99. The van der Waals surface area contributed by atoms with Gasteiger partial charge in [-0.15, -0.1) is 11.3 Å². The minimum Gasteiger partial charge on any atom is -0.465 e. The van der Waals surface area contributed by atoms with E-state index in [9.17, 15) is 19.2 Å². The van der Waals surface area contributed by atoms with E-state index >= 15 is 0 Å². The van der Waals surface area contributed by atoms with Gasteiger partial charge in [-0.2, -0.15) is 0 Å². The highest BCUT2D eigenvalue weighted by atomic mass is 32.2. The molecule has 1 heterocycles. The maximum Gasteiger partial charge on any atom is 0.331 e. The minimum absolute atomic E-state index is 0.0669. The Kier molecular flexibility index (Phi) is 13.7. The molecule has 228 valence electrons. The number of ether oxygens (including phenoxy) is 4. The Balaban J connectivity index is 2.39. The third-order valence-electron chi connectivity index (χ3n) is 5.64. The molecular weight excluding hydrogens is 629 g/mol. The van der Waals surface area contributed by atoms with Crippen molar-refractivity contribution in [3.63, 3.8) is 0 Å². The molecule has 0 N–H and O–H groups in total. The summed E-state index contributed by atoms with van der Waals surface area (Å²) in [5.74, 6) is -3.01. The van der Waals surface area contributed by atoms with Crippen LogP contribution in [0.5, 0.6) is 0 Å². The smallest absolute Gasteiger partial charge is 0.331 e. The Morgan fingerprint density at radius 3 is 1.40 bits per heavy atom. The summed E-state index contributed by atoms with van der Waals surface area (Å²) in [5.41, 5.74) is 2.69. The van der Waals surface area contributed by atoms with Crippen molar-refractivity contribution in [2.45, 2.75) is 47.3 Å². The molecule has 0 atom stereocenters. The third-order valence-corrected chi connectivity index (χ3v) is 9.71. The van der Waals surface area contributed by atoms with Crippen LogP contribution in [0.1, 0.15) is 27.7 Å². The number of hydrogen-bond acceptors (Lipinski definition) is 12. The van der Waals surface area contributed by atoms with Gasteiger partial charge in [-0.3, -0.25) is 19.2 Å². The van der Waals surface area contributed by atoms with E-state index in [1.54, 1.807) is 27.7 Å². The average Bonchev–Trinajstić information content (AvgIpc) is 2.99. The zero-order chi connectivity index (χ0) is 31.4. The van der Waals surface area contributed by atoms with E-state index in [-0.39, 0.29) is 26.4 Å². The lowest BCUT2D eigenvalue weighted by molar-refractivity contribution is -0.154. The van der Waals surface area contributed by atoms with Crippen LogP contribution in [0.3, 0.4) is 0 Å². The fourth-order valence-corrected chi connectivity index (χ4v) is 8.44. The molecular formula is C31H32O8S4. The summed E-state index contributed by atoms with van der Waals surface area (Å²) in [7, 11) is 0. The van der Waals surface area contributed by atoms with E-state index in [4.69, 9.17) is 31.2 Å². The second-order valence-electron chi connectivity index (χ2n) is 8.49. The molecule has 0 spiro atoms. The van der Waals surface area contributed by atoms with Crippen LogP contribution in [0.15, 0.2) is 69.8 Å². The van der Waals surface area contributed by atoms with Gasteiger partial charge < -0.3 is 18.9 Å². The van der Waals surface area contributed by atoms with E-state index in [2.05, 4.69) is 0 Å². The number of thioether (sulfide) groups is 2. The van der Waals surface area contributed by atoms with Crippen LogP contribution in [0.2, 0.25) is 0 Å². The number of hydrogen-bond donors (Lipinski definition) is 0. The molecule has 1 aromatic heterocycles. The number of benzene rings is 2. The first-order valence-electron chi connectivity index (χ1n) is 13.6. The molecule has 0 fully saturated rings. The van der Waals surface area contributed by atoms with Crippen molar-refractivity contribution >= 4 is 71.0 Å². The third kappa shape index (κ3) is 8.91. The molecule has 0 aliphatic rings. The second kappa shape index (κ2) is 17.2. The Morgan fingerprint density at radius 2 is 1.00 bits per heavy atom. The molecule has 0 unspecified atom stereocenters. The predicted molar refractivity (Wildman–Crippen MR) is 172 cm³/mol. The molecule has 0 saturated carbocycles. The summed E-state index contributed by atoms with van der Waals surface area (Å²) in [4.78, 5) is 52.7. The molecule has 2 aromatic carbocycles. The normalized spacial score (nSPS) is 10.8. The SMILES string of the molecule is CCOC(=O)C(Sc1sc(=S)c(-c2ccccc2)c(SC(C(=O)OCC)C(=O)OCC)c1-c1ccccc1)C(=O)OCC. The molecule has 3 rings (SSSR count). The summed E-state index contributed by atoms with van der Waals surface area (Å²) in [6, 6.07) is 18.6. The molecule has 12 heteroatoms. The van der Waals surface area contributed by atoms with Gasteiger partial charge in [-0.1, -0.05) is 96.4 Å². The fourth-order valence-electron chi connectivity index (χ4n) is 3.89. The minimum atomic E-state index is -1.37. The molecule has 0 aliphatic carbocycles. The molecule has 0 aliphatic heterocycles. The Morgan fingerprint density at radius 1 is 0.628 bits per heavy atom. The topological polar surface area (TPSA) is 105 Å². The Labute approximate surface area is 268 Å². The lowest BCUT2D eigenvalue weighted by Crippen LogP contribution is -2.31. The van der Waals surface area contributed by atoms with Crippen molar-refractivity contribution in [2.75, 3.05) is 26.4 Å². The van der Waals surface area contributed by atoms with Crippen molar-refractivity contribution in [1.82, 2.24) is 0 Å². The van der Waals surface area contributed by atoms with E-state index in [1.807, 2.05) is 60.7 Å². The van der Waals surface area contributed by atoms with Crippen LogP contribution in [-0.2, 0) is 38.1 Å². The van der Waals surface area contributed by atoms with Gasteiger partial charge in [0.1, 0.15) is 3.82 Å². The fraction of sp³-hybridized carbons (Fsp3) is 0.323. The van der Waals surface area contributed by atoms with Crippen molar-refractivity contribution in [2.24, 2.45) is 0 Å². The summed E-state index contributed by atoms with van der Waals surface area (Å²) in [6.45, 7) is 6.89. The van der Waals surface area contributed by atoms with Gasteiger partial charge in [-0.05, 0) is 38.8 Å². The van der Waals surface area contributed by atoms with Crippen molar-refractivity contribution in [3.8, 4) is 22.3 Å². The van der Waals surface area contributed by atoms with Gasteiger partial charge in [0.05, 0.1) is 30.6 Å². The first kappa shape index (κ1) is 34.3. The van der Waals surface area contributed by atoms with E-state index < -0.39 is 34.4 Å². The Bertz CT molecular complexity index is 1440. The van der Waals surface area contributed by atoms with Crippen LogP contribution in [0.25, 0.3) is 22.3 Å². The van der Waals surface area contributed by atoms with Gasteiger partial charge in [-0.25, -0.2) is 0 Å². The zero-order valence-corrected chi connectivity index (χ0v) is 27.4. The first-order valence-corrected chi connectivity index (χ1v) is 16.6. The summed E-state index contributed by atoms with van der Waals surface area (Å²) < 4.78 is 21.9. The molecule has 0 bridgehead atoms. The molecule has 0 radical (unpaired) electrons. The largest absolute Gasteiger partial charge is 0.465 e. The van der Waals surface area contributed by atoms with E-state index in [0.29, 0.717) is 29.6 Å². The average molecular weight is 661 g/mol. The van der Waals surface area contributed by atoms with Gasteiger partial charge in [0.15, 0.2) is 0 Å².